The van der Waals surface area contributed by atoms with Gasteiger partial charge in [-0.2, -0.15) is 0 Å². The van der Waals surface area contributed by atoms with Crippen molar-refractivity contribution in [2.45, 2.75) is 0 Å². The summed E-state index contributed by atoms with van der Waals surface area (Å²) in [6.45, 7) is 0. The van der Waals surface area contributed by atoms with Gasteiger partial charge in [-0.3, -0.25) is 10.1 Å². The summed E-state index contributed by atoms with van der Waals surface area (Å²) in [5.74, 6) is -1.38. The number of carboxylic acids is 1. The molecule has 0 bridgehead atoms. The van der Waals surface area contributed by atoms with Gasteiger partial charge >= 0.3 is 5.97 Å². The molecule has 148 valence electrons. The predicted octanol–water partition coefficient (Wildman–Crippen LogP) is 4.49. The maximum Gasteiger partial charge on any atom is 0.335 e. The normalized spacial score (nSPS) is 10.2. The molecule has 0 saturated carbocycles. The van der Waals surface area contributed by atoms with Crippen molar-refractivity contribution in [2.75, 3.05) is 19.5 Å². The van der Waals surface area contributed by atoms with E-state index in [9.17, 15) is 9.59 Å². The first-order valence-electron chi connectivity index (χ1n) is 7.44. The molecule has 0 aromatic heterocycles. The minimum atomic E-state index is -1.19. The number of carbonyl (C=O) groups excluding carboxylic acids is 1. The lowest BCUT2D eigenvalue weighted by atomic mass is 10.2. The highest BCUT2D eigenvalue weighted by atomic mass is 35.5. The van der Waals surface area contributed by atoms with Gasteiger partial charge in [0.1, 0.15) is 0 Å². The molecule has 0 spiro atoms. The average molecular weight is 464 g/mol. The number of methoxy groups -OCH3 is 2. The van der Waals surface area contributed by atoms with Gasteiger partial charge in [0.25, 0.3) is 5.91 Å². The first-order valence-corrected chi connectivity index (χ1v) is 8.98. The number of amides is 1. The summed E-state index contributed by atoms with van der Waals surface area (Å²) >= 11 is 23.2. The monoisotopic (exact) mass is 462 g/mol. The third-order valence-corrected chi connectivity index (χ3v) is 4.48. The second kappa shape index (κ2) is 9.29. The Morgan fingerprint density at radius 2 is 1.43 bits per heavy atom. The van der Waals surface area contributed by atoms with Crippen LogP contribution in [0, 0.1) is 0 Å². The highest BCUT2D eigenvalue weighted by Gasteiger charge is 2.17. The number of carbonyl (C=O) groups is 2. The number of thiocarbonyl (C=S) groups is 1. The number of ether oxygens (including phenoxy) is 2. The number of benzene rings is 2. The summed E-state index contributed by atoms with van der Waals surface area (Å²) < 4.78 is 10.2. The Balaban J connectivity index is 2.23. The molecule has 0 fully saturated rings. The number of carboxylic acid groups (broad SMARTS) is 1. The summed E-state index contributed by atoms with van der Waals surface area (Å²) in [5.41, 5.74) is 0.226. The van der Waals surface area contributed by atoms with Crippen molar-refractivity contribution < 1.29 is 24.2 Å². The first-order chi connectivity index (χ1) is 13.2. The molecule has 11 heteroatoms. The number of hydrogen-bond donors (Lipinski definition) is 3. The fourth-order valence-electron chi connectivity index (χ4n) is 2.23. The molecule has 0 atom stereocenters. The van der Waals surface area contributed by atoms with Gasteiger partial charge in [-0.1, -0.05) is 34.8 Å². The van der Waals surface area contributed by atoms with Crippen LogP contribution in [0.4, 0.5) is 5.69 Å². The fraction of sp³-hybridized carbons (Fsp3) is 0.118. The fourth-order valence-corrected chi connectivity index (χ4v) is 3.37. The van der Waals surface area contributed by atoms with Crippen molar-refractivity contribution >= 4 is 69.7 Å². The zero-order valence-electron chi connectivity index (χ0n) is 14.4. The van der Waals surface area contributed by atoms with Crippen LogP contribution in [-0.4, -0.2) is 36.3 Å². The van der Waals surface area contributed by atoms with E-state index < -0.39 is 11.9 Å². The number of rotatable bonds is 5. The summed E-state index contributed by atoms with van der Waals surface area (Å²) in [4.78, 5) is 23.6. The van der Waals surface area contributed by atoms with Gasteiger partial charge in [-0.05, 0) is 36.5 Å². The topological polar surface area (TPSA) is 96.9 Å². The Hall–Kier alpha value is -2.26. The Kier molecular flexibility index (Phi) is 7.31. The molecule has 28 heavy (non-hydrogen) atoms. The van der Waals surface area contributed by atoms with E-state index in [1.807, 2.05) is 0 Å². The quantitative estimate of drug-likeness (QED) is 0.562. The Morgan fingerprint density at radius 3 is 1.93 bits per heavy atom. The molecular weight excluding hydrogens is 451 g/mol. The number of halogens is 3. The van der Waals surface area contributed by atoms with Crippen LogP contribution in [0.1, 0.15) is 20.7 Å². The Labute approximate surface area is 180 Å². The van der Waals surface area contributed by atoms with E-state index in [-0.39, 0.29) is 48.5 Å². The van der Waals surface area contributed by atoms with Crippen molar-refractivity contribution in [2.24, 2.45) is 0 Å². The molecule has 2 rings (SSSR count). The molecule has 0 aliphatic rings. The molecular formula is C17H13Cl3N2O5S. The third-order valence-electron chi connectivity index (χ3n) is 3.43. The summed E-state index contributed by atoms with van der Waals surface area (Å²) in [6.07, 6.45) is 0. The van der Waals surface area contributed by atoms with Gasteiger partial charge in [0.2, 0.25) is 0 Å². The number of anilines is 1. The smallest absolute Gasteiger partial charge is 0.335 e. The molecule has 2 aromatic rings. The zero-order valence-corrected chi connectivity index (χ0v) is 17.5. The van der Waals surface area contributed by atoms with Crippen LogP contribution in [0.5, 0.6) is 11.5 Å². The molecule has 0 aliphatic carbocycles. The molecule has 0 aliphatic heterocycles. The maximum absolute atomic E-state index is 12.4. The molecule has 0 unspecified atom stereocenters. The molecule has 0 radical (unpaired) electrons. The SMILES string of the molecule is COc1c(Cl)cc(C(=O)NC(=S)Nc2cc(C(=O)O)cc(Cl)c2OC)cc1Cl. The summed E-state index contributed by atoms with van der Waals surface area (Å²) in [6, 6.07) is 5.24. The summed E-state index contributed by atoms with van der Waals surface area (Å²) in [5, 5.41) is 14.5. The maximum atomic E-state index is 12.4. The van der Waals surface area contributed by atoms with Crippen molar-refractivity contribution in [3.63, 3.8) is 0 Å². The molecule has 2 aromatic carbocycles. The van der Waals surface area contributed by atoms with Gasteiger partial charge in [0, 0.05) is 5.56 Å². The minimum Gasteiger partial charge on any atom is -0.494 e. The highest BCUT2D eigenvalue weighted by Crippen LogP contribution is 2.35. The van der Waals surface area contributed by atoms with Crippen LogP contribution in [0.25, 0.3) is 0 Å². The predicted molar refractivity (Wildman–Crippen MR) is 112 cm³/mol. The van der Waals surface area contributed by atoms with E-state index in [1.54, 1.807) is 0 Å². The largest absolute Gasteiger partial charge is 0.494 e. The van der Waals surface area contributed by atoms with Crippen molar-refractivity contribution in [1.82, 2.24) is 5.32 Å². The van der Waals surface area contributed by atoms with Crippen molar-refractivity contribution in [1.29, 1.82) is 0 Å². The average Bonchev–Trinajstić information content (AvgIpc) is 2.60. The van der Waals surface area contributed by atoms with Crippen LogP contribution < -0.4 is 20.1 Å². The minimum absolute atomic E-state index is 0.0627. The van der Waals surface area contributed by atoms with E-state index >= 15 is 0 Å². The zero-order chi connectivity index (χ0) is 21.0. The van der Waals surface area contributed by atoms with Gasteiger partial charge in [0.15, 0.2) is 16.6 Å². The lowest BCUT2D eigenvalue weighted by Crippen LogP contribution is -2.34. The van der Waals surface area contributed by atoms with E-state index in [2.05, 4.69) is 10.6 Å². The third kappa shape index (κ3) is 4.96. The standard InChI is InChI=1S/C17H13Cl3N2O5S/c1-26-13-9(18)3-7(4-10(13)19)15(23)22-17(28)21-12-6-8(16(24)25)5-11(20)14(12)27-2/h3-6H,1-2H3,(H,24,25)(H2,21,22,23,28). The Bertz CT molecular complexity index is 945. The van der Waals surface area contributed by atoms with Gasteiger partial charge < -0.3 is 19.9 Å². The van der Waals surface area contributed by atoms with Crippen LogP contribution in [0.15, 0.2) is 24.3 Å². The van der Waals surface area contributed by atoms with Crippen LogP contribution in [-0.2, 0) is 0 Å². The Morgan fingerprint density at radius 1 is 0.929 bits per heavy atom. The lowest BCUT2D eigenvalue weighted by Gasteiger charge is -2.15. The van der Waals surface area contributed by atoms with Crippen LogP contribution >= 0.6 is 47.0 Å². The second-order valence-electron chi connectivity index (χ2n) is 5.23. The lowest BCUT2D eigenvalue weighted by molar-refractivity contribution is 0.0696. The second-order valence-corrected chi connectivity index (χ2v) is 6.86. The first kappa shape index (κ1) is 22.0. The van der Waals surface area contributed by atoms with Crippen molar-refractivity contribution in [3.05, 3.63) is 50.5 Å². The van der Waals surface area contributed by atoms with E-state index in [0.29, 0.717) is 0 Å². The molecule has 1 amide bonds. The highest BCUT2D eigenvalue weighted by molar-refractivity contribution is 7.80. The molecule has 0 heterocycles. The number of hydrogen-bond acceptors (Lipinski definition) is 5. The number of nitrogens with one attached hydrogen (secondary N) is 2. The molecule has 0 saturated heterocycles. The van der Waals surface area contributed by atoms with E-state index in [4.69, 9.17) is 61.6 Å². The van der Waals surface area contributed by atoms with Crippen molar-refractivity contribution in [3.8, 4) is 11.5 Å². The van der Waals surface area contributed by atoms with Crippen LogP contribution in [0.2, 0.25) is 15.1 Å². The summed E-state index contributed by atoms with van der Waals surface area (Å²) in [7, 11) is 2.76. The van der Waals surface area contributed by atoms with Gasteiger partial charge in [-0.25, -0.2) is 4.79 Å². The molecule has 3 N–H and O–H groups in total. The molecule has 7 nitrogen and oxygen atoms in total. The number of aromatic carboxylic acids is 1. The van der Waals surface area contributed by atoms with Gasteiger partial charge in [-0.15, -0.1) is 0 Å². The van der Waals surface area contributed by atoms with Crippen LogP contribution in [0.3, 0.4) is 0 Å². The van der Waals surface area contributed by atoms with E-state index in [1.165, 1.54) is 38.5 Å². The van der Waals surface area contributed by atoms with E-state index in [0.717, 1.165) is 0 Å². The van der Waals surface area contributed by atoms with Gasteiger partial charge in [0.05, 0.1) is 40.5 Å².